The number of H-pyrrole nitrogens is 1. The van der Waals surface area contributed by atoms with Gasteiger partial charge in [0.25, 0.3) is 0 Å². The van der Waals surface area contributed by atoms with Crippen molar-refractivity contribution in [1.29, 1.82) is 0 Å². The fourth-order valence-corrected chi connectivity index (χ4v) is 3.75. The van der Waals surface area contributed by atoms with E-state index in [-0.39, 0.29) is 0 Å². The first-order valence-electron chi connectivity index (χ1n) is 8.42. The predicted octanol–water partition coefficient (Wildman–Crippen LogP) is 4.57. The quantitative estimate of drug-likeness (QED) is 0.541. The molecule has 1 heterocycles. The van der Waals surface area contributed by atoms with Crippen molar-refractivity contribution in [3.8, 4) is 22.8 Å². The largest absolute Gasteiger partial charge is 0.493 e. The highest BCUT2D eigenvalue weighted by atomic mass is 35.5. The van der Waals surface area contributed by atoms with Gasteiger partial charge in [-0.25, -0.2) is 0 Å². The number of aryl methyl sites for hydroxylation is 1. The normalized spacial score (nSPS) is 11.8. The molecule has 0 saturated heterocycles. The molecule has 1 aliphatic rings. The van der Waals surface area contributed by atoms with E-state index in [0.29, 0.717) is 6.54 Å². The Morgan fingerprint density at radius 2 is 1.96 bits per heavy atom. The van der Waals surface area contributed by atoms with E-state index in [0.717, 1.165) is 56.7 Å². The maximum Gasteiger partial charge on any atom is 0.161 e. The zero-order chi connectivity index (χ0) is 18.3. The fourth-order valence-electron chi connectivity index (χ4n) is 3.46. The first-order chi connectivity index (χ1) is 12.6. The van der Waals surface area contributed by atoms with E-state index in [1.165, 1.54) is 5.56 Å². The molecule has 0 bridgehead atoms. The van der Waals surface area contributed by atoms with Crippen LogP contribution < -0.4 is 14.8 Å². The summed E-state index contributed by atoms with van der Waals surface area (Å²) in [4.78, 5) is 0. The van der Waals surface area contributed by atoms with Gasteiger partial charge in [-0.3, -0.25) is 5.10 Å². The summed E-state index contributed by atoms with van der Waals surface area (Å²) < 4.78 is 10.8. The van der Waals surface area contributed by atoms with Crippen LogP contribution in [0.3, 0.4) is 0 Å². The molecule has 4 rings (SSSR count). The lowest BCUT2D eigenvalue weighted by Crippen LogP contribution is -2.04. The third kappa shape index (κ3) is 2.69. The Labute approximate surface area is 157 Å². The van der Waals surface area contributed by atoms with Crippen molar-refractivity contribution in [3.63, 3.8) is 0 Å². The van der Waals surface area contributed by atoms with Gasteiger partial charge < -0.3 is 14.8 Å². The average molecular weight is 370 g/mol. The monoisotopic (exact) mass is 369 g/mol. The van der Waals surface area contributed by atoms with Crippen LogP contribution in [0.5, 0.6) is 11.5 Å². The number of fused-ring (bicyclic) bond motifs is 3. The summed E-state index contributed by atoms with van der Waals surface area (Å²) in [7, 11) is 3.30. The van der Waals surface area contributed by atoms with Crippen LogP contribution in [0.25, 0.3) is 11.3 Å². The zero-order valence-electron chi connectivity index (χ0n) is 14.9. The summed E-state index contributed by atoms with van der Waals surface area (Å²) in [6, 6.07) is 9.97. The third-order valence-corrected chi connectivity index (χ3v) is 5.25. The highest BCUT2D eigenvalue weighted by Gasteiger charge is 2.26. The molecule has 0 radical (unpaired) electrons. The standard InChI is InChI=1S/C20H20ClN3O2/c1-11-5-4-6-16(21)15(11)10-22-20-14-7-12-8-17(25-2)18(26-3)9-13(12)19(14)23-24-20/h4-6,8-9H,7,10H2,1-3H3,(H2,22,23,24). The van der Waals surface area contributed by atoms with Crippen LogP contribution in [0, 0.1) is 6.92 Å². The van der Waals surface area contributed by atoms with Gasteiger partial charge in [0.2, 0.25) is 0 Å². The Balaban J connectivity index is 1.62. The van der Waals surface area contributed by atoms with Crippen molar-refractivity contribution in [2.45, 2.75) is 19.9 Å². The molecule has 26 heavy (non-hydrogen) atoms. The van der Waals surface area contributed by atoms with Gasteiger partial charge in [-0.05, 0) is 41.8 Å². The van der Waals surface area contributed by atoms with Crippen molar-refractivity contribution < 1.29 is 9.47 Å². The molecule has 0 aliphatic heterocycles. The van der Waals surface area contributed by atoms with Crippen molar-refractivity contribution in [2.24, 2.45) is 0 Å². The predicted molar refractivity (Wildman–Crippen MR) is 103 cm³/mol. The summed E-state index contributed by atoms with van der Waals surface area (Å²) in [5.74, 6) is 2.31. The summed E-state index contributed by atoms with van der Waals surface area (Å²) in [6.45, 7) is 2.69. The van der Waals surface area contributed by atoms with E-state index in [1.54, 1.807) is 14.2 Å². The minimum absolute atomic E-state index is 0.631. The van der Waals surface area contributed by atoms with Gasteiger partial charge in [-0.1, -0.05) is 23.7 Å². The molecule has 6 heteroatoms. The Morgan fingerprint density at radius 3 is 2.69 bits per heavy atom. The van der Waals surface area contributed by atoms with Gasteiger partial charge in [-0.15, -0.1) is 0 Å². The highest BCUT2D eigenvalue weighted by Crippen LogP contribution is 2.44. The second-order valence-corrected chi connectivity index (χ2v) is 6.76. The van der Waals surface area contributed by atoms with Crippen molar-refractivity contribution in [3.05, 3.63) is 57.6 Å². The highest BCUT2D eigenvalue weighted by molar-refractivity contribution is 6.31. The summed E-state index contributed by atoms with van der Waals surface area (Å²) in [5.41, 5.74) is 6.73. The van der Waals surface area contributed by atoms with E-state index in [2.05, 4.69) is 28.5 Å². The molecule has 0 spiro atoms. The summed E-state index contributed by atoms with van der Waals surface area (Å²) >= 11 is 6.33. The van der Waals surface area contributed by atoms with Gasteiger partial charge in [0, 0.05) is 29.1 Å². The van der Waals surface area contributed by atoms with Crippen LogP contribution in [0.1, 0.15) is 22.3 Å². The van der Waals surface area contributed by atoms with E-state index in [9.17, 15) is 0 Å². The molecular weight excluding hydrogens is 350 g/mol. The maximum absolute atomic E-state index is 6.33. The van der Waals surface area contributed by atoms with Crippen LogP contribution in [-0.2, 0) is 13.0 Å². The Morgan fingerprint density at radius 1 is 1.19 bits per heavy atom. The molecule has 2 N–H and O–H groups in total. The number of hydrogen-bond acceptors (Lipinski definition) is 4. The number of anilines is 1. The Hall–Kier alpha value is -2.66. The number of ether oxygens (including phenoxy) is 2. The summed E-state index contributed by atoms with van der Waals surface area (Å²) in [5, 5.41) is 11.8. The first-order valence-corrected chi connectivity index (χ1v) is 8.80. The van der Waals surface area contributed by atoms with Crippen LogP contribution in [0.15, 0.2) is 30.3 Å². The number of aromatic amines is 1. The van der Waals surface area contributed by atoms with Gasteiger partial charge in [0.15, 0.2) is 17.3 Å². The van der Waals surface area contributed by atoms with Crippen LogP contribution in [0.2, 0.25) is 5.02 Å². The number of halogens is 1. The van der Waals surface area contributed by atoms with E-state index in [1.807, 2.05) is 24.3 Å². The van der Waals surface area contributed by atoms with Gasteiger partial charge in [0.05, 0.1) is 19.9 Å². The lowest BCUT2D eigenvalue weighted by molar-refractivity contribution is 0.355. The van der Waals surface area contributed by atoms with Crippen LogP contribution in [0.4, 0.5) is 5.82 Å². The lowest BCUT2D eigenvalue weighted by Gasteiger charge is -2.10. The number of aromatic nitrogens is 2. The molecule has 1 aromatic heterocycles. The van der Waals surface area contributed by atoms with Gasteiger partial charge in [-0.2, -0.15) is 5.10 Å². The molecule has 2 aromatic carbocycles. The molecule has 0 amide bonds. The minimum Gasteiger partial charge on any atom is -0.493 e. The van der Waals surface area contributed by atoms with E-state index >= 15 is 0 Å². The van der Waals surface area contributed by atoms with Gasteiger partial charge >= 0.3 is 0 Å². The second-order valence-electron chi connectivity index (χ2n) is 6.36. The van der Waals surface area contributed by atoms with Crippen LogP contribution in [-0.4, -0.2) is 24.4 Å². The van der Waals surface area contributed by atoms with E-state index < -0.39 is 0 Å². The average Bonchev–Trinajstić information content (AvgIpc) is 3.19. The molecule has 134 valence electrons. The SMILES string of the molecule is COc1cc2c(cc1OC)-c1[nH]nc(NCc3c(C)cccc3Cl)c1C2. The first kappa shape index (κ1) is 16.8. The number of nitrogens with zero attached hydrogens (tertiary/aromatic N) is 1. The van der Waals surface area contributed by atoms with Crippen LogP contribution >= 0.6 is 11.6 Å². The number of methoxy groups -OCH3 is 2. The smallest absolute Gasteiger partial charge is 0.161 e. The number of hydrogen-bond donors (Lipinski definition) is 2. The number of nitrogens with one attached hydrogen (secondary N) is 2. The molecule has 3 aromatic rings. The van der Waals surface area contributed by atoms with Crippen molar-refractivity contribution in [2.75, 3.05) is 19.5 Å². The fraction of sp³-hybridized carbons (Fsp3) is 0.250. The molecule has 0 fully saturated rings. The van der Waals surface area contributed by atoms with Crippen molar-refractivity contribution in [1.82, 2.24) is 10.2 Å². The summed E-state index contributed by atoms with van der Waals surface area (Å²) in [6.07, 6.45) is 0.797. The Bertz CT molecular complexity index is 961. The zero-order valence-corrected chi connectivity index (χ0v) is 15.7. The molecular formula is C20H20ClN3O2. The molecule has 5 nitrogen and oxygen atoms in total. The Kier molecular flexibility index (Phi) is 4.24. The maximum atomic E-state index is 6.33. The molecule has 0 atom stereocenters. The third-order valence-electron chi connectivity index (χ3n) is 4.90. The van der Waals surface area contributed by atoms with Crippen molar-refractivity contribution >= 4 is 17.4 Å². The topological polar surface area (TPSA) is 59.2 Å². The molecule has 1 aliphatic carbocycles. The number of rotatable bonds is 5. The number of benzene rings is 2. The lowest BCUT2D eigenvalue weighted by atomic mass is 10.1. The minimum atomic E-state index is 0.631. The van der Waals surface area contributed by atoms with Gasteiger partial charge in [0.1, 0.15) is 0 Å². The molecule has 0 unspecified atom stereocenters. The second kappa shape index (κ2) is 6.57. The van der Waals surface area contributed by atoms with E-state index in [4.69, 9.17) is 21.1 Å². The molecule has 0 saturated carbocycles.